The molecular formula is C30H38FN3O5. The lowest BCUT2D eigenvalue weighted by Crippen LogP contribution is -2.51. The Hall–Kier alpha value is -3.33. The number of anilines is 1. The zero-order valence-electron chi connectivity index (χ0n) is 23.1. The number of amides is 3. The first-order valence-corrected chi connectivity index (χ1v) is 13.8. The molecule has 2 aromatic rings. The van der Waals surface area contributed by atoms with Gasteiger partial charge in [-0.3, -0.25) is 0 Å². The molecule has 0 aliphatic carbocycles. The predicted octanol–water partition coefficient (Wildman–Crippen LogP) is 5.70. The van der Waals surface area contributed by atoms with Crippen LogP contribution in [0, 0.1) is 11.2 Å². The SMILES string of the molecule is CC(C)(C)COC(=O)N1CCC2(CCc3cc(-c4ccc(NC(=O)N5CCOCC5)cc4)cc(F)c3O2)CC1. The highest BCUT2D eigenvalue weighted by atomic mass is 19.1. The number of nitrogens with zero attached hydrogens (tertiary/aromatic N) is 2. The number of hydrogen-bond donors (Lipinski definition) is 1. The fourth-order valence-electron chi connectivity index (χ4n) is 5.28. The fourth-order valence-corrected chi connectivity index (χ4v) is 5.28. The Kier molecular flexibility index (Phi) is 7.71. The minimum absolute atomic E-state index is 0.0831. The number of benzene rings is 2. The van der Waals surface area contributed by atoms with Gasteiger partial charge in [-0.05, 0) is 59.2 Å². The lowest BCUT2D eigenvalue weighted by atomic mass is 9.82. The number of piperidine rings is 1. The van der Waals surface area contributed by atoms with E-state index in [0.29, 0.717) is 76.7 Å². The maximum atomic E-state index is 15.3. The van der Waals surface area contributed by atoms with E-state index >= 15 is 4.39 Å². The van der Waals surface area contributed by atoms with Gasteiger partial charge >= 0.3 is 12.1 Å². The normalized spacial score (nSPS) is 18.8. The number of aryl methyl sites for hydroxylation is 1. The van der Waals surface area contributed by atoms with Crippen LogP contribution >= 0.6 is 0 Å². The van der Waals surface area contributed by atoms with Crippen molar-refractivity contribution in [2.24, 2.45) is 5.41 Å². The van der Waals surface area contributed by atoms with Gasteiger partial charge in [-0.15, -0.1) is 0 Å². The molecule has 5 rings (SSSR count). The molecule has 3 amide bonds. The number of nitrogens with one attached hydrogen (secondary N) is 1. The van der Waals surface area contributed by atoms with Crippen LogP contribution < -0.4 is 10.1 Å². The Balaban J connectivity index is 1.21. The number of urea groups is 1. The van der Waals surface area contributed by atoms with Gasteiger partial charge in [0.15, 0.2) is 11.6 Å². The van der Waals surface area contributed by atoms with Crippen molar-refractivity contribution < 1.29 is 28.2 Å². The predicted molar refractivity (Wildman–Crippen MR) is 147 cm³/mol. The number of morpholine rings is 1. The molecule has 2 fully saturated rings. The molecule has 0 unspecified atom stereocenters. The van der Waals surface area contributed by atoms with Crippen LogP contribution in [0.15, 0.2) is 36.4 Å². The van der Waals surface area contributed by atoms with Crippen molar-refractivity contribution in [1.29, 1.82) is 0 Å². The molecule has 39 heavy (non-hydrogen) atoms. The summed E-state index contributed by atoms with van der Waals surface area (Å²) in [5.74, 6) is -0.0542. The molecular weight excluding hydrogens is 501 g/mol. The van der Waals surface area contributed by atoms with Gasteiger partial charge in [0.25, 0.3) is 0 Å². The van der Waals surface area contributed by atoms with Gasteiger partial charge in [0.2, 0.25) is 0 Å². The number of carbonyl (C=O) groups is 2. The van der Waals surface area contributed by atoms with Crippen LogP contribution in [-0.4, -0.2) is 73.5 Å². The van der Waals surface area contributed by atoms with E-state index in [9.17, 15) is 9.59 Å². The molecule has 0 bridgehead atoms. The number of halogens is 1. The van der Waals surface area contributed by atoms with Gasteiger partial charge in [-0.1, -0.05) is 32.9 Å². The molecule has 3 aliphatic rings. The van der Waals surface area contributed by atoms with Gasteiger partial charge < -0.3 is 29.3 Å². The molecule has 0 atom stereocenters. The number of fused-ring (bicyclic) bond motifs is 1. The zero-order chi connectivity index (χ0) is 27.6. The highest BCUT2D eigenvalue weighted by molar-refractivity contribution is 5.89. The second kappa shape index (κ2) is 11.0. The fraction of sp³-hybridized carbons (Fsp3) is 0.533. The molecule has 0 saturated carbocycles. The Morgan fingerprint density at radius 2 is 1.67 bits per heavy atom. The van der Waals surface area contributed by atoms with Crippen LogP contribution in [0.3, 0.4) is 0 Å². The highest BCUT2D eigenvalue weighted by Gasteiger charge is 2.42. The van der Waals surface area contributed by atoms with E-state index in [2.05, 4.69) is 5.32 Å². The Morgan fingerprint density at radius 3 is 2.33 bits per heavy atom. The molecule has 0 radical (unpaired) electrons. The van der Waals surface area contributed by atoms with E-state index in [4.69, 9.17) is 14.2 Å². The summed E-state index contributed by atoms with van der Waals surface area (Å²) < 4.78 is 32.4. The molecule has 210 valence electrons. The van der Waals surface area contributed by atoms with Gasteiger partial charge in [-0.2, -0.15) is 0 Å². The number of ether oxygens (including phenoxy) is 3. The average Bonchev–Trinajstić information content (AvgIpc) is 2.93. The minimum Gasteiger partial charge on any atom is -0.484 e. The second-order valence-corrected chi connectivity index (χ2v) is 11.9. The van der Waals surface area contributed by atoms with Crippen LogP contribution in [0.4, 0.5) is 19.7 Å². The average molecular weight is 540 g/mol. The lowest BCUT2D eigenvalue weighted by Gasteiger charge is -2.44. The van der Waals surface area contributed by atoms with Crippen molar-refractivity contribution in [3.63, 3.8) is 0 Å². The number of rotatable bonds is 3. The van der Waals surface area contributed by atoms with E-state index in [1.807, 2.05) is 51.1 Å². The standard InChI is InChI=1S/C30H38FN3O5/c1-29(2,3)20-38-28(36)34-12-10-30(11-13-34)9-8-22-18-23(19-25(31)26(22)39-30)21-4-6-24(7-5-21)32-27(35)33-14-16-37-17-15-33/h4-7,18-19H,8-17,20H2,1-3H3,(H,32,35). The minimum atomic E-state index is -0.462. The quantitative estimate of drug-likeness (QED) is 0.541. The molecule has 3 heterocycles. The topological polar surface area (TPSA) is 80.3 Å². The summed E-state index contributed by atoms with van der Waals surface area (Å²) in [4.78, 5) is 28.4. The van der Waals surface area contributed by atoms with Crippen molar-refractivity contribution in [1.82, 2.24) is 9.80 Å². The van der Waals surface area contributed by atoms with Crippen molar-refractivity contribution in [3.05, 3.63) is 47.8 Å². The summed E-state index contributed by atoms with van der Waals surface area (Å²) >= 11 is 0. The van der Waals surface area contributed by atoms with Crippen LogP contribution in [0.25, 0.3) is 11.1 Å². The third-order valence-electron chi connectivity index (χ3n) is 7.62. The van der Waals surface area contributed by atoms with Crippen molar-refractivity contribution >= 4 is 17.8 Å². The molecule has 9 heteroatoms. The maximum absolute atomic E-state index is 15.3. The molecule has 1 N–H and O–H groups in total. The third-order valence-corrected chi connectivity index (χ3v) is 7.62. The number of hydrogen-bond acceptors (Lipinski definition) is 5. The van der Waals surface area contributed by atoms with Crippen LogP contribution in [-0.2, 0) is 15.9 Å². The van der Waals surface area contributed by atoms with Gasteiger partial charge in [0.1, 0.15) is 5.60 Å². The van der Waals surface area contributed by atoms with Gasteiger partial charge in [0, 0.05) is 44.7 Å². The summed E-state index contributed by atoms with van der Waals surface area (Å²) in [5.41, 5.74) is 2.63. The smallest absolute Gasteiger partial charge is 0.409 e. The molecule has 1 spiro atoms. The number of carbonyl (C=O) groups excluding carboxylic acids is 2. The van der Waals surface area contributed by atoms with Crippen LogP contribution in [0.5, 0.6) is 5.75 Å². The van der Waals surface area contributed by atoms with E-state index in [-0.39, 0.29) is 23.4 Å². The Labute approximate surface area is 229 Å². The van der Waals surface area contributed by atoms with E-state index < -0.39 is 5.60 Å². The monoisotopic (exact) mass is 539 g/mol. The van der Waals surface area contributed by atoms with Crippen molar-refractivity contribution in [2.45, 2.75) is 52.1 Å². The zero-order valence-corrected chi connectivity index (χ0v) is 23.1. The summed E-state index contributed by atoms with van der Waals surface area (Å²) in [5, 5.41) is 2.91. The van der Waals surface area contributed by atoms with Gasteiger partial charge in [-0.25, -0.2) is 14.0 Å². The van der Waals surface area contributed by atoms with Gasteiger partial charge in [0.05, 0.1) is 19.8 Å². The molecule has 3 aliphatic heterocycles. The summed E-state index contributed by atoms with van der Waals surface area (Å²) in [6.07, 6.45) is 2.49. The van der Waals surface area contributed by atoms with Crippen molar-refractivity contribution in [2.75, 3.05) is 51.3 Å². The van der Waals surface area contributed by atoms with E-state index in [1.165, 1.54) is 6.07 Å². The van der Waals surface area contributed by atoms with Crippen molar-refractivity contribution in [3.8, 4) is 16.9 Å². The number of likely N-dealkylation sites (tertiary alicyclic amines) is 1. The Bertz CT molecular complexity index is 1200. The summed E-state index contributed by atoms with van der Waals surface area (Å²) in [7, 11) is 0. The molecule has 2 aromatic carbocycles. The molecule has 2 saturated heterocycles. The molecule has 0 aromatic heterocycles. The maximum Gasteiger partial charge on any atom is 0.409 e. The van der Waals surface area contributed by atoms with Crippen LogP contribution in [0.2, 0.25) is 0 Å². The molecule has 8 nitrogen and oxygen atoms in total. The summed E-state index contributed by atoms with van der Waals surface area (Å²) in [6, 6.07) is 10.8. The van der Waals surface area contributed by atoms with E-state index in [0.717, 1.165) is 23.1 Å². The lowest BCUT2D eigenvalue weighted by molar-refractivity contribution is -0.0196. The summed E-state index contributed by atoms with van der Waals surface area (Å²) in [6.45, 7) is 9.77. The second-order valence-electron chi connectivity index (χ2n) is 11.9. The largest absolute Gasteiger partial charge is 0.484 e. The van der Waals surface area contributed by atoms with Crippen LogP contribution in [0.1, 0.15) is 45.6 Å². The first-order chi connectivity index (χ1) is 18.6. The highest BCUT2D eigenvalue weighted by Crippen LogP contribution is 2.42. The first kappa shape index (κ1) is 27.2. The third kappa shape index (κ3) is 6.46. The van der Waals surface area contributed by atoms with E-state index in [1.54, 1.807) is 9.80 Å². The Morgan fingerprint density at radius 1 is 0.974 bits per heavy atom. The first-order valence-electron chi connectivity index (χ1n) is 13.8.